The van der Waals surface area contributed by atoms with Gasteiger partial charge < -0.3 is 9.47 Å². The van der Waals surface area contributed by atoms with Crippen LogP contribution in [0.2, 0.25) is 0 Å². The van der Waals surface area contributed by atoms with E-state index >= 15 is 0 Å². The van der Waals surface area contributed by atoms with Gasteiger partial charge in [-0.15, -0.1) is 0 Å². The Morgan fingerprint density at radius 2 is 1.75 bits per heavy atom. The van der Waals surface area contributed by atoms with E-state index in [2.05, 4.69) is 9.97 Å². The summed E-state index contributed by atoms with van der Waals surface area (Å²) in [5, 5.41) is 0. The van der Waals surface area contributed by atoms with Crippen LogP contribution in [0.4, 0.5) is 8.78 Å². The zero-order valence-electron chi connectivity index (χ0n) is 10.7. The largest absolute Gasteiger partial charge is 0.480 e. The lowest BCUT2D eigenvalue weighted by Gasteiger charge is -2.07. The highest BCUT2D eigenvalue weighted by atomic mass is 19.1. The van der Waals surface area contributed by atoms with E-state index in [0.717, 1.165) is 12.1 Å². The van der Waals surface area contributed by atoms with Crippen LogP contribution in [0.3, 0.4) is 0 Å². The van der Waals surface area contributed by atoms with E-state index in [4.69, 9.17) is 9.47 Å². The maximum Gasteiger partial charge on any atom is 0.247 e. The summed E-state index contributed by atoms with van der Waals surface area (Å²) < 4.78 is 36.0. The Hall–Kier alpha value is -2.57. The van der Waals surface area contributed by atoms with Crippen LogP contribution < -0.4 is 9.47 Å². The number of halogens is 2. The van der Waals surface area contributed by atoms with Gasteiger partial charge in [0, 0.05) is 11.6 Å². The molecule has 0 fully saturated rings. The predicted molar refractivity (Wildman–Crippen MR) is 64.9 cm³/mol. The number of rotatable bonds is 4. The number of carbonyl (C=O) groups is 1. The maximum absolute atomic E-state index is 13.1. The van der Waals surface area contributed by atoms with Gasteiger partial charge in [0.1, 0.15) is 11.6 Å². The molecule has 0 N–H and O–H groups in total. The second-order valence-corrected chi connectivity index (χ2v) is 3.76. The molecule has 0 bridgehead atoms. The smallest absolute Gasteiger partial charge is 0.247 e. The fraction of sp³-hybridized carbons (Fsp3) is 0.154. The molecule has 0 aliphatic heterocycles. The van der Waals surface area contributed by atoms with Crippen LogP contribution in [-0.2, 0) is 0 Å². The first-order valence-corrected chi connectivity index (χ1v) is 5.51. The van der Waals surface area contributed by atoms with Crippen LogP contribution in [0.1, 0.15) is 16.1 Å². The Labute approximate surface area is 113 Å². The molecule has 5 nitrogen and oxygen atoms in total. The first-order chi connectivity index (χ1) is 9.55. The number of hydrogen-bond donors (Lipinski definition) is 0. The molecular weight excluding hydrogens is 270 g/mol. The molecule has 0 unspecified atom stereocenters. The quantitative estimate of drug-likeness (QED) is 0.802. The SMILES string of the molecule is COc1cnc(C(=O)c2cc(F)cc(F)c2)c(OC)n1. The number of benzene rings is 1. The molecule has 0 radical (unpaired) electrons. The van der Waals surface area contributed by atoms with Crippen LogP contribution in [0.5, 0.6) is 11.8 Å². The second-order valence-electron chi connectivity index (χ2n) is 3.76. The Bertz CT molecular complexity index is 642. The number of carbonyl (C=O) groups excluding carboxylic acids is 1. The summed E-state index contributed by atoms with van der Waals surface area (Å²) in [7, 11) is 2.68. The Kier molecular flexibility index (Phi) is 3.88. The van der Waals surface area contributed by atoms with Crippen molar-refractivity contribution in [2.45, 2.75) is 0 Å². The minimum Gasteiger partial charge on any atom is -0.480 e. The Balaban J connectivity index is 2.47. The number of ether oxygens (including phenoxy) is 2. The number of methoxy groups -OCH3 is 2. The molecule has 7 heteroatoms. The van der Waals surface area contributed by atoms with Crippen molar-refractivity contribution in [3.63, 3.8) is 0 Å². The highest BCUT2D eigenvalue weighted by Gasteiger charge is 2.19. The van der Waals surface area contributed by atoms with Gasteiger partial charge in [-0.2, -0.15) is 4.98 Å². The van der Waals surface area contributed by atoms with Crippen molar-refractivity contribution in [2.24, 2.45) is 0 Å². The summed E-state index contributed by atoms with van der Waals surface area (Å²) in [6.45, 7) is 0. The summed E-state index contributed by atoms with van der Waals surface area (Å²) in [5.41, 5.74) is -0.335. The zero-order valence-corrected chi connectivity index (χ0v) is 10.7. The fourth-order valence-electron chi connectivity index (χ4n) is 1.57. The van der Waals surface area contributed by atoms with Gasteiger partial charge >= 0.3 is 0 Å². The first-order valence-electron chi connectivity index (χ1n) is 5.51. The minimum absolute atomic E-state index is 0.0842. The van der Waals surface area contributed by atoms with Gasteiger partial charge in [-0.1, -0.05) is 0 Å². The van der Waals surface area contributed by atoms with E-state index in [0.29, 0.717) is 6.07 Å². The molecule has 104 valence electrons. The molecular formula is C13H10F2N2O3. The van der Waals surface area contributed by atoms with Crippen molar-refractivity contribution >= 4 is 5.78 Å². The lowest BCUT2D eigenvalue weighted by Crippen LogP contribution is -2.09. The second kappa shape index (κ2) is 5.60. The summed E-state index contributed by atoms with van der Waals surface area (Å²) in [6.07, 6.45) is 1.21. The highest BCUT2D eigenvalue weighted by molar-refractivity contribution is 6.09. The fourth-order valence-corrected chi connectivity index (χ4v) is 1.57. The normalized spacial score (nSPS) is 10.2. The summed E-state index contributed by atoms with van der Waals surface area (Å²) in [5.74, 6) is -2.33. The van der Waals surface area contributed by atoms with E-state index in [1.807, 2.05) is 0 Å². The lowest BCUT2D eigenvalue weighted by atomic mass is 10.1. The minimum atomic E-state index is -0.853. The molecule has 0 atom stereocenters. The van der Waals surface area contributed by atoms with Crippen LogP contribution in [-0.4, -0.2) is 30.0 Å². The Morgan fingerprint density at radius 3 is 2.30 bits per heavy atom. The molecule has 0 aliphatic rings. The van der Waals surface area contributed by atoms with Crippen molar-refractivity contribution in [3.8, 4) is 11.8 Å². The average molecular weight is 280 g/mol. The van der Waals surface area contributed by atoms with Crippen molar-refractivity contribution in [1.82, 2.24) is 9.97 Å². The van der Waals surface area contributed by atoms with Gasteiger partial charge in [0.15, 0.2) is 5.69 Å². The van der Waals surface area contributed by atoms with Gasteiger partial charge in [-0.3, -0.25) is 4.79 Å². The van der Waals surface area contributed by atoms with Gasteiger partial charge in [-0.05, 0) is 12.1 Å². The molecule has 0 spiro atoms. The van der Waals surface area contributed by atoms with Crippen LogP contribution in [0, 0.1) is 11.6 Å². The summed E-state index contributed by atoms with van der Waals surface area (Å²) in [4.78, 5) is 19.9. The molecule has 1 heterocycles. The predicted octanol–water partition coefficient (Wildman–Crippen LogP) is 2.00. The molecule has 2 aromatic rings. The van der Waals surface area contributed by atoms with Crippen molar-refractivity contribution in [1.29, 1.82) is 0 Å². The van der Waals surface area contributed by atoms with Crippen LogP contribution >= 0.6 is 0 Å². The molecule has 0 amide bonds. The topological polar surface area (TPSA) is 61.3 Å². The third-order valence-corrected chi connectivity index (χ3v) is 2.46. The van der Waals surface area contributed by atoms with Gasteiger partial charge in [0.05, 0.1) is 20.4 Å². The van der Waals surface area contributed by atoms with Crippen molar-refractivity contribution in [3.05, 3.63) is 47.3 Å². The van der Waals surface area contributed by atoms with E-state index in [9.17, 15) is 13.6 Å². The monoisotopic (exact) mass is 280 g/mol. The molecule has 0 aliphatic carbocycles. The summed E-state index contributed by atoms with van der Waals surface area (Å²) >= 11 is 0. The maximum atomic E-state index is 13.1. The zero-order chi connectivity index (χ0) is 14.7. The lowest BCUT2D eigenvalue weighted by molar-refractivity contribution is 0.102. The third-order valence-electron chi connectivity index (χ3n) is 2.46. The number of hydrogen-bond acceptors (Lipinski definition) is 5. The van der Waals surface area contributed by atoms with Gasteiger partial charge in [-0.25, -0.2) is 13.8 Å². The highest BCUT2D eigenvalue weighted by Crippen LogP contribution is 2.21. The number of ketones is 1. The van der Waals surface area contributed by atoms with E-state index < -0.39 is 17.4 Å². The molecule has 2 rings (SSSR count). The third kappa shape index (κ3) is 2.71. The standard InChI is InChI=1S/C13H10F2N2O3/c1-19-10-6-16-11(13(17-10)20-2)12(18)7-3-8(14)5-9(15)4-7/h3-6H,1-2H3. The van der Waals surface area contributed by atoms with E-state index in [1.54, 1.807) is 0 Å². The van der Waals surface area contributed by atoms with Crippen molar-refractivity contribution in [2.75, 3.05) is 14.2 Å². The summed E-state index contributed by atoms with van der Waals surface area (Å²) in [6, 6.07) is 2.50. The molecule has 0 saturated carbocycles. The first kappa shape index (κ1) is 13.9. The van der Waals surface area contributed by atoms with Crippen LogP contribution in [0.15, 0.2) is 24.4 Å². The molecule has 1 aromatic heterocycles. The number of nitrogens with zero attached hydrogens (tertiary/aromatic N) is 2. The molecule has 20 heavy (non-hydrogen) atoms. The van der Waals surface area contributed by atoms with Crippen LogP contribution in [0.25, 0.3) is 0 Å². The molecule has 0 saturated heterocycles. The van der Waals surface area contributed by atoms with E-state index in [1.165, 1.54) is 20.4 Å². The van der Waals surface area contributed by atoms with Crippen molar-refractivity contribution < 1.29 is 23.0 Å². The average Bonchev–Trinajstić information content (AvgIpc) is 2.44. The van der Waals surface area contributed by atoms with Gasteiger partial charge in [0.2, 0.25) is 17.5 Å². The van der Waals surface area contributed by atoms with E-state index in [-0.39, 0.29) is 23.0 Å². The van der Waals surface area contributed by atoms with Gasteiger partial charge in [0.25, 0.3) is 0 Å². The Morgan fingerprint density at radius 1 is 1.10 bits per heavy atom. The number of aromatic nitrogens is 2. The molecule has 1 aromatic carbocycles.